The number of piperazine rings is 1. The standard InChI is InChI=1S/C26H36N6O3/c1-19(2)29-23-5-4-8-28-25(23)31-10-12-32(13-11-31)26(33)24-18-20-17-21(6-7-22(20)30-24)27-9-14-35-16-15-34-3/h4-8,17-19,27,29-30H,9-16H2,1-3H3. The van der Waals surface area contributed by atoms with E-state index >= 15 is 0 Å². The Morgan fingerprint density at radius 2 is 1.94 bits per heavy atom. The number of aromatic amines is 1. The van der Waals surface area contributed by atoms with Gasteiger partial charge in [-0.15, -0.1) is 0 Å². The van der Waals surface area contributed by atoms with Crippen LogP contribution in [0.25, 0.3) is 10.9 Å². The third-order valence-corrected chi connectivity index (χ3v) is 5.96. The SMILES string of the molecule is COCCOCCNc1ccc2[nH]c(C(=O)N3CCN(c4ncccc4NC(C)C)CC3)cc2c1. The minimum Gasteiger partial charge on any atom is -0.383 e. The Morgan fingerprint density at radius 1 is 1.11 bits per heavy atom. The number of hydrogen-bond donors (Lipinski definition) is 3. The van der Waals surface area contributed by atoms with E-state index in [2.05, 4.69) is 51.5 Å². The van der Waals surface area contributed by atoms with Gasteiger partial charge in [-0.2, -0.15) is 0 Å². The number of amides is 1. The number of rotatable bonds is 11. The minimum atomic E-state index is 0.0310. The highest BCUT2D eigenvalue weighted by molar-refractivity contribution is 5.98. The van der Waals surface area contributed by atoms with Gasteiger partial charge in [0.15, 0.2) is 5.82 Å². The summed E-state index contributed by atoms with van der Waals surface area (Å²) < 4.78 is 10.5. The summed E-state index contributed by atoms with van der Waals surface area (Å²) in [5.74, 6) is 0.978. The van der Waals surface area contributed by atoms with Gasteiger partial charge in [-0.3, -0.25) is 4.79 Å². The van der Waals surface area contributed by atoms with E-state index in [1.54, 1.807) is 7.11 Å². The van der Waals surface area contributed by atoms with Gasteiger partial charge in [0.1, 0.15) is 5.69 Å². The number of anilines is 3. The lowest BCUT2D eigenvalue weighted by atomic mass is 10.2. The van der Waals surface area contributed by atoms with E-state index < -0.39 is 0 Å². The van der Waals surface area contributed by atoms with Crippen molar-refractivity contribution < 1.29 is 14.3 Å². The van der Waals surface area contributed by atoms with Crippen molar-refractivity contribution in [3.05, 3.63) is 48.3 Å². The first-order valence-electron chi connectivity index (χ1n) is 12.2. The second-order valence-electron chi connectivity index (χ2n) is 8.97. The average molecular weight is 481 g/mol. The number of nitrogens with zero attached hydrogens (tertiary/aromatic N) is 3. The molecule has 9 heteroatoms. The topological polar surface area (TPSA) is 94.8 Å². The van der Waals surface area contributed by atoms with Crippen molar-refractivity contribution >= 4 is 34.0 Å². The first kappa shape index (κ1) is 24.8. The van der Waals surface area contributed by atoms with E-state index in [0.29, 0.717) is 51.2 Å². The molecule has 0 unspecified atom stereocenters. The molecule has 1 amide bonds. The number of pyridine rings is 1. The third-order valence-electron chi connectivity index (χ3n) is 5.96. The molecule has 9 nitrogen and oxygen atoms in total. The maximum Gasteiger partial charge on any atom is 0.270 e. The molecule has 188 valence electrons. The number of methoxy groups -OCH3 is 1. The molecule has 0 saturated carbocycles. The zero-order valence-electron chi connectivity index (χ0n) is 20.8. The first-order chi connectivity index (χ1) is 17.0. The largest absolute Gasteiger partial charge is 0.383 e. The molecule has 1 aliphatic heterocycles. The molecule has 3 N–H and O–H groups in total. The zero-order chi connectivity index (χ0) is 24.6. The molecule has 2 aromatic heterocycles. The summed E-state index contributed by atoms with van der Waals surface area (Å²) in [4.78, 5) is 25.3. The van der Waals surface area contributed by atoms with Crippen LogP contribution in [0.5, 0.6) is 0 Å². The van der Waals surface area contributed by atoms with Crippen LogP contribution in [0.4, 0.5) is 17.2 Å². The van der Waals surface area contributed by atoms with Crippen molar-refractivity contribution in [1.29, 1.82) is 0 Å². The summed E-state index contributed by atoms with van der Waals surface area (Å²) in [6.07, 6.45) is 1.82. The Hall–Kier alpha value is -3.30. The zero-order valence-corrected chi connectivity index (χ0v) is 20.8. The highest BCUT2D eigenvalue weighted by Crippen LogP contribution is 2.25. The number of nitrogens with one attached hydrogen (secondary N) is 3. The van der Waals surface area contributed by atoms with E-state index in [-0.39, 0.29) is 5.91 Å². The number of aromatic nitrogens is 2. The van der Waals surface area contributed by atoms with E-state index in [1.807, 2.05) is 35.4 Å². The van der Waals surface area contributed by atoms with Crippen molar-refractivity contribution in [3.8, 4) is 0 Å². The fourth-order valence-electron chi connectivity index (χ4n) is 4.23. The van der Waals surface area contributed by atoms with Crippen molar-refractivity contribution in [2.24, 2.45) is 0 Å². The van der Waals surface area contributed by atoms with Crippen LogP contribution < -0.4 is 15.5 Å². The highest BCUT2D eigenvalue weighted by atomic mass is 16.5. The van der Waals surface area contributed by atoms with Gasteiger partial charge in [0.05, 0.1) is 25.5 Å². The molecule has 1 fully saturated rings. The van der Waals surface area contributed by atoms with Gasteiger partial charge in [0.25, 0.3) is 5.91 Å². The molecule has 4 rings (SSSR count). The molecule has 3 heterocycles. The Kier molecular flexibility index (Phi) is 8.44. The maximum atomic E-state index is 13.2. The van der Waals surface area contributed by atoms with E-state index in [9.17, 15) is 4.79 Å². The van der Waals surface area contributed by atoms with Gasteiger partial charge in [-0.25, -0.2) is 4.98 Å². The van der Waals surface area contributed by atoms with E-state index in [4.69, 9.17) is 9.47 Å². The van der Waals surface area contributed by atoms with E-state index in [0.717, 1.165) is 41.2 Å². The van der Waals surface area contributed by atoms with Crippen LogP contribution in [0.2, 0.25) is 0 Å². The number of ether oxygens (including phenoxy) is 2. The van der Waals surface area contributed by atoms with Crippen LogP contribution >= 0.6 is 0 Å². The Balaban J connectivity index is 1.33. The predicted molar refractivity (Wildman–Crippen MR) is 141 cm³/mol. The van der Waals surface area contributed by atoms with Gasteiger partial charge >= 0.3 is 0 Å². The molecule has 1 saturated heterocycles. The molecule has 0 atom stereocenters. The number of carbonyl (C=O) groups is 1. The Bertz CT molecular complexity index is 1110. The van der Waals surface area contributed by atoms with Crippen molar-refractivity contribution in [3.63, 3.8) is 0 Å². The molecule has 1 aromatic carbocycles. The Morgan fingerprint density at radius 3 is 2.71 bits per heavy atom. The molecular formula is C26H36N6O3. The summed E-state index contributed by atoms with van der Waals surface area (Å²) in [5.41, 5.74) is 3.60. The summed E-state index contributed by atoms with van der Waals surface area (Å²) in [6, 6.07) is 12.3. The van der Waals surface area contributed by atoms with Crippen LogP contribution in [0, 0.1) is 0 Å². The lowest BCUT2D eigenvalue weighted by molar-refractivity contribution is 0.0741. The fourth-order valence-corrected chi connectivity index (χ4v) is 4.23. The van der Waals surface area contributed by atoms with Crippen LogP contribution in [-0.2, 0) is 9.47 Å². The average Bonchev–Trinajstić information content (AvgIpc) is 3.29. The van der Waals surface area contributed by atoms with Crippen LogP contribution in [-0.4, -0.2) is 86.5 Å². The summed E-state index contributed by atoms with van der Waals surface area (Å²) in [6.45, 7) is 9.54. The van der Waals surface area contributed by atoms with Crippen molar-refractivity contribution in [1.82, 2.24) is 14.9 Å². The van der Waals surface area contributed by atoms with Crippen molar-refractivity contribution in [2.45, 2.75) is 19.9 Å². The summed E-state index contributed by atoms with van der Waals surface area (Å²) in [5, 5.41) is 7.84. The van der Waals surface area contributed by atoms with Crippen molar-refractivity contribution in [2.75, 3.05) is 75.2 Å². The normalized spacial score (nSPS) is 14.1. The second kappa shape index (κ2) is 11.9. The molecule has 0 radical (unpaired) electrons. The predicted octanol–water partition coefficient (Wildman–Crippen LogP) is 3.42. The number of carbonyl (C=O) groups excluding carboxylic acids is 1. The number of hydrogen-bond acceptors (Lipinski definition) is 7. The molecule has 0 bridgehead atoms. The smallest absolute Gasteiger partial charge is 0.270 e. The van der Waals surface area contributed by atoms with Gasteiger partial charge < -0.3 is 34.9 Å². The van der Waals surface area contributed by atoms with Gasteiger partial charge in [0, 0.05) is 68.7 Å². The first-order valence-corrected chi connectivity index (χ1v) is 12.2. The number of fused-ring (bicyclic) bond motifs is 1. The fraction of sp³-hybridized carbons (Fsp3) is 0.462. The summed E-state index contributed by atoms with van der Waals surface area (Å²) in [7, 11) is 1.66. The molecule has 3 aromatic rings. The molecule has 1 aliphatic rings. The van der Waals surface area contributed by atoms with E-state index in [1.165, 1.54) is 0 Å². The maximum absolute atomic E-state index is 13.2. The van der Waals surface area contributed by atoms with Gasteiger partial charge in [-0.05, 0) is 50.2 Å². The van der Waals surface area contributed by atoms with Crippen LogP contribution in [0.3, 0.4) is 0 Å². The number of H-pyrrole nitrogens is 1. The Labute approximate surface area is 206 Å². The van der Waals surface area contributed by atoms with Crippen LogP contribution in [0.1, 0.15) is 24.3 Å². The number of benzene rings is 1. The highest BCUT2D eigenvalue weighted by Gasteiger charge is 2.25. The second-order valence-corrected chi connectivity index (χ2v) is 8.97. The lowest BCUT2D eigenvalue weighted by Crippen LogP contribution is -2.49. The van der Waals surface area contributed by atoms with Crippen LogP contribution in [0.15, 0.2) is 42.6 Å². The summed E-state index contributed by atoms with van der Waals surface area (Å²) >= 11 is 0. The third kappa shape index (κ3) is 6.43. The molecule has 35 heavy (non-hydrogen) atoms. The quantitative estimate of drug-likeness (QED) is 0.362. The minimum absolute atomic E-state index is 0.0310. The molecule has 0 spiro atoms. The monoisotopic (exact) mass is 480 g/mol. The van der Waals surface area contributed by atoms with Gasteiger partial charge in [0.2, 0.25) is 0 Å². The lowest BCUT2D eigenvalue weighted by Gasteiger charge is -2.36. The van der Waals surface area contributed by atoms with Gasteiger partial charge in [-0.1, -0.05) is 0 Å². The molecule has 0 aliphatic carbocycles. The molecular weight excluding hydrogens is 444 g/mol.